The highest BCUT2D eigenvalue weighted by Gasteiger charge is 2.06. The molecule has 0 aliphatic heterocycles. The fraction of sp³-hybridized carbons (Fsp3) is 0.250. The summed E-state index contributed by atoms with van der Waals surface area (Å²) in [6.07, 6.45) is 0.573. The number of benzene rings is 1. The van der Waals surface area contributed by atoms with Crippen LogP contribution >= 0.6 is 11.6 Å². The fourth-order valence-electron chi connectivity index (χ4n) is 0.889. The molecule has 1 nitrogen and oxygen atoms in total. The highest BCUT2D eigenvalue weighted by atomic mass is 35.5. The molecule has 0 fully saturated rings. The van der Waals surface area contributed by atoms with Crippen LogP contribution in [0.5, 0.6) is 5.75 Å². The van der Waals surface area contributed by atoms with E-state index in [9.17, 15) is 4.39 Å². The largest absolute Gasteiger partial charge is 0.505 e. The Labute approximate surface area is 69.4 Å². The van der Waals surface area contributed by atoms with Crippen molar-refractivity contribution in [2.24, 2.45) is 0 Å². The maximum Gasteiger partial charge on any atom is 0.166 e. The third-order valence-electron chi connectivity index (χ3n) is 1.49. The van der Waals surface area contributed by atoms with Gasteiger partial charge in [0.05, 0.1) is 0 Å². The van der Waals surface area contributed by atoms with Crippen molar-refractivity contribution in [1.82, 2.24) is 0 Å². The summed E-state index contributed by atoms with van der Waals surface area (Å²) in [6.45, 7) is 1.82. The fourth-order valence-corrected chi connectivity index (χ4v) is 1.12. The molecule has 60 valence electrons. The summed E-state index contributed by atoms with van der Waals surface area (Å²) in [4.78, 5) is 0. The Morgan fingerprint density at radius 1 is 1.55 bits per heavy atom. The van der Waals surface area contributed by atoms with E-state index in [1.807, 2.05) is 6.92 Å². The quantitative estimate of drug-likeness (QED) is 0.694. The van der Waals surface area contributed by atoms with Crippen LogP contribution in [-0.4, -0.2) is 5.11 Å². The van der Waals surface area contributed by atoms with Gasteiger partial charge in [-0.1, -0.05) is 18.5 Å². The lowest BCUT2D eigenvalue weighted by atomic mass is 10.1. The molecule has 0 heterocycles. The maximum absolute atomic E-state index is 12.7. The lowest BCUT2D eigenvalue weighted by Gasteiger charge is -2.02. The minimum atomic E-state index is -0.658. The summed E-state index contributed by atoms with van der Waals surface area (Å²) in [7, 11) is 0. The van der Waals surface area contributed by atoms with Gasteiger partial charge in [-0.25, -0.2) is 4.39 Å². The zero-order valence-electron chi connectivity index (χ0n) is 6.06. The zero-order valence-corrected chi connectivity index (χ0v) is 6.82. The van der Waals surface area contributed by atoms with E-state index < -0.39 is 5.82 Å². The molecule has 0 spiro atoms. The first kappa shape index (κ1) is 8.34. The van der Waals surface area contributed by atoms with Gasteiger partial charge in [-0.05, 0) is 24.1 Å². The van der Waals surface area contributed by atoms with Crippen molar-refractivity contribution in [2.75, 3.05) is 0 Å². The van der Waals surface area contributed by atoms with Crippen LogP contribution in [0.2, 0.25) is 5.02 Å². The zero-order chi connectivity index (χ0) is 8.43. The highest BCUT2D eigenvalue weighted by Crippen LogP contribution is 2.25. The van der Waals surface area contributed by atoms with E-state index in [2.05, 4.69) is 0 Å². The van der Waals surface area contributed by atoms with Gasteiger partial charge in [0.25, 0.3) is 0 Å². The predicted molar refractivity (Wildman–Crippen MR) is 42.5 cm³/mol. The Hall–Kier alpha value is -0.760. The molecular formula is C8H8ClFO. The summed E-state index contributed by atoms with van der Waals surface area (Å²) in [5, 5.41) is 9.41. The lowest BCUT2D eigenvalue weighted by Crippen LogP contribution is -1.85. The van der Waals surface area contributed by atoms with Crippen LogP contribution in [0.25, 0.3) is 0 Å². The molecule has 0 aromatic heterocycles. The Kier molecular flexibility index (Phi) is 2.35. The highest BCUT2D eigenvalue weighted by molar-refractivity contribution is 6.30. The number of halogens is 2. The van der Waals surface area contributed by atoms with Gasteiger partial charge in [0.2, 0.25) is 0 Å². The number of aryl methyl sites for hydroxylation is 1. The van der Waals surface area contributed by atoms with Gasteiger partial charge in [-0.2, -0.15) is 0 Å². The molecule has 0 unspecified atom stereocenters. The monoisotopic (exact) mass is 174 g/mol. The van der Waals surface area contributed by atoms with Crippen molar-refractivity contribution in [3.8, 4) is 5.75 Å². The van der Waals surface area contributed by atoms with Crippen LogP contribution in [0, 0.1) is 5.82 Å². The molecule has 11 heavy (non-hydrogen) atoms. The smallest absolute Gasteiger partial charge is 0.166 e. The molecule has 0 saturated carbocycles. The second-order valence-electron chi connectivity index (χ2n) is 2.25. The SMILES string of the molecule is CCc1cc(Cl)cc(F)c1O. The van der Waals surface area contributed by atoms with Crippen LogP contribution in [0.15, 0.2) is 12.1 Å². The lowest BCUT2D eigenvalue weighted by molar-refractivity contribution is 0.426. The van der Waals surface area contributed by atoms with E-state index in [1.165, 1.54) is 0 Å². The average Bonchev–Trinajstić information content (AvgIpc) is 1.96. The van der Waals surface area contributed by atoms with E-state index in [0.717, 1.165) is 6.07 Å². The van der Waals surface area contributed by atoms with Crippen LogP contribution < -0.4 is 0 Å². The van der Waals surface area contributed by atoms with E-state index in [4.69, 9.17) is 16.7 Å². The molecule has 0 saturated heterocycles. The predicted octanol–water partition coefficient (Wildman–Crippen LogP) is 2.75. The van der Waals surface area contributed by atoms with Gasteiger partial charge >= 0.3 is 0 Å². The van der Waals surface area contributed by atoms with Gasteiger partial charge in [-0.3, -0.25) is 0 Å². The summed E-state index contributed by atoms with van der Waals surface area (Å²) in [5.41, 5.74) is 0.537. The summed E-state index contributed by atoms with van der Waals surface area (Å²) in [6, 6.07) is 2.65. The van der Waals surface area contributed by atoms with Gasteiger partial charge in [0, 0.05) is 5.02 Å². The second kappa shape index (κ2) is 3.09. The van der Waals surface area contributed by atoms with Crippen molar-refractivity contribution >= 4 is 11.6 Å². The molecule has 0 amide bonds. The Morgan fingerprint density at radius 2 is 2.18 bits per heavy atom. The molecule has 1 N–H and O–H groups in total. The van der Waals surface area contributed by atoms with E-state index in [0.29, 0.717) is 17.0 Å². The molecule has 0 aliphatic rings. The second-order valence-corrected chi connectivity index (χ2v) is 2.69. The number of phenols is 1. The van der Waals surface area contributed by atoms with Crippen LogP contribution in [0.3, 0.4) is 0 Å². The minimum Gasteiger partial charge on any atom is -0.505 e. The van der Waals surface area contributed by atoms with Gasteiger partial charge in [0.1, 0.15) is 0 Å². The van der Waals surface area contributed by atoms with Crippen LogP contribution in [0.4, 0.5) is 4.39 Å². The Morgan fingerprint density at radius 3 is 2.73 bits per heavy atom. The summed E-state index contributed by atoms with van der Waals surface area (Å²) < 4.78 is 12.7. The van der Waals surface area contributed by atoms with Crippen molar-refractivity contribution in [3.05, 3.63) is 28.5 Å². The third-order valence-corrected chi connectivity index (χ3v) is 1.71. The van der Waals surface area contributed by atoms with E-state index in [-0.39, 0.29) is 5.75 Å². The molecule has 3 heteroatoms. The first-order chi connectivity index (χ1) is 5.15. The topological polar surface area (TPSA) is 20.2 Å². The molecule has 0 radical (unpaired) electrons. The van der Waals surface area contributed by atoms with Crippen LogP contribution in [0.1, 0.15) is 12.5 Å². The Balaban J connectivity index is 3.24. The molecular weight excluding hydrogens is 167 g/mol. The first-order valence-corrected chi connectivity index (χ1v) is 3.69. The van der Waals surface area contributed by atoms with Gasteiger partial charge in [0.15, 0.2) is 11.6 Å². The molecule has 1 aromatic rings. The normalized spacial score (nSPS) is 10.1. The molecule has 1 aromatic carbocycles. The van der Waals surface area contributed by atoms with Crippen molar-refractivity contribution in [3.63, 3.8) is 0 Å². The van der Waals surface area contributed by atoms with E-state index >= 15 is 0 Å². The minimum absolute atomic E-state index is 0.295. The summed E-state index contributed by atoms with van der Waals surface area (Å²) >= 11 is 5.55. The average molecular weight is 175 g/mol. The molecule has 0 aliphatic carbocycles. The van der Waals surface area contributed by atoms with Crippen molar-refractivity contribution in [2.45, 2.75) is 13.3 Å². The van der Waals surface area contributed by atoms with Crippen molar-refractivity contribution < 1.29 is 9.50 Å². The van der Waals surface area contributed by atoms with Crippen LogP contribution in [-0.2, 0) is 6.42 Å². The number of phenolic OH excluding ortho intramolecular Hbond substituents is 1. The molecule has 1 rings (SSSR count). The number of aromatic hydroxyl groups is 1. The standard InChI is InChI=1S/C8H8ClFO/c1-2-5-3-6(9)4-7(10)8(5)11/h3-4,11H,2H2,1H3. The number of hydrogen-bond acceptors (Lipinski definition) is 1. The Bertz CT molecular complexity index is 273. The van der Waals surface area contributed by atoms with Gasteiger partial charge in [-0.15, -0.1) is 0 Å². The van der Waals surface area contributed by atoms with Crippen molar-refractivity contribution in [1.29, 1.82) is 0 Å². The number of rotatable bonds is 1. The van der Waals surface area contributed by atoms with E-state index in [1.54, 1.807) is 6.07 Å². The molecule has 0 bridgehead atoms. The third kappa shape index (κ3) is 1.63. The summed E-state index contributed by atoms with van der Waals surface area (Å²) in [5.74, 6) is -0.953. The number of hydrogen-bond donors (Lipinski definition) is 1. The first-order valence-electron chi connectivity index (χ1n) is 3.32. The van der Waals surface area contributed by atoms with Gasteiger partial charge < -0.3 is 5.11 Å². The maximum atomic E-state index is 12.7. The molecule has 0 atom stereocenters.